The van der Waals surface area contributed by atoms with Crippen LogP contribution in [0.5, 0.6) is 11.5 Å². The highest BCUT2D eigenvalue weighted by Crippen LogP contribution is 2.43. The molecule has 2 aliphatic heterocycles. The number of ketones is 1. The summed E-state index contributed by atoms with van der Waals surface area (Å²) < 4.78 is 11.2. The summed E-state index contributed by atoms with van der Waals surface area (Å²) in [7, 11) is 0. The van der Waals surface area contributed by atoms with Crippen molar-refractivity contribution < 1.29 is 24.2 Å². The Bertz CT molecular complexity index is 790. The zero-order chi connectivity index (χ0) is 19.8. The lowest BCUT2D eigenvalue weighted by Gasteiger charge is -2.29. The average molecular weight is 373 g/mol. The second-order valence-corrected chi connectivity index (χ2v) is 8.00. The van der Waals surface area contributed by atoms with Gasteiger partial charge in [-0.25, -0.2) is 0 Å². The lowest BCUT2D eigenvalue weighted by Crippen LogP contribution is -2.33. The molecule has 1 aromatic carbocycles. The van der Waals surface area contributed by atoms with Gasteiger partial charge in [-0.1, -0.05) is 40.2 Å². The minimum atomic E-state index is -0.712. The number of hydrogen-bond acceptors (Lipinski definition) is 5. The number of aliphatic hydroxyl groups is 1. The van der Waals surface area contributed by atoms with Crippen molar-refractivity contribution in [1.82, 2.24) is 4.90 Å². The first-order valence-corrected chi connectivity index (χ1v) is 9.44. The largest absolute Gasteiger partial charge is 0.503 e. The van der Waals surface area contributed by atoms with Crippen LogP contribution in [0.1, 0.15) is 52.1 Å². The Morgan fingerprint density at radius 1 is 1.22 bits per heavy atom. The molecule has 0 spiro atoms. The van der Waals surface area contributed by atoms with E-state index < -0.39 is 23.1 Å². The van der Waals surface area contributed by atoms with Crippen LogP contribution >= 0.6 is 0 Å². The number of ether oxygens (including phenoxy) is 2. The van der Waals surface area contributed by atoms with Gasteiger partial charge in [0.25, 0.3) is 5.91 Å². The zero-order valence-corrected chi connectivity index (χ0v) is 16.4. The lowest BCUT2D eigenvalue weighted by atomic mass is 9.82. The molecular weight excluding hydrogens is 346 g/mol. The summed E-state index contributed by atoms with van der Waals surface area (Å²) in [5, 5.41) is 10.5. The van der Waals surface area contributed by atoms with E-state index >= 15 is 0 Å². The number of unbranched alkanes of at least 4 members (excludes halogenated alkanes) is 1. The maximum atomic E-state index is 13.1. The quantitative estimate of drug-likeness (QED) is 0.854. The van der Waals surface area contributed by atoms with Crippen LogP contribution in [0, 0.1) is 5.41 Å². The van der Waals surface area contributed by atoms with E-state index in [0.717, 1.165) is 18.4 Å². The molecule has 146 valence electrons. The SMILES string of the molecule is CCCCN1C(=O)C(O)=C(C(=O)C(C)(C)C)C1c1ccc2c(c1)OCCO2. The third-order valence-electron chi connectivity index (χ3n) is 4.86. The number of benzene rings is 1. The normalized spacial score (nSPS) is 19.6. The van der Waals surface area contributed by atoms with Gasteiger partial charge in [0.2, 0.25) is 0 Å². The van der Waals surface area contributed by atoms with Gasteiger partial charge in [0.05, 0.1) is 11.6 Å². The number of nitrogens with zero attached hydrogens (tertiary/aromatic N) is 1. The summed E-state index contributed by atoms with van der Waals surface area (Å²) in [6.45, 7) is 8.81. The van der Waals surface area contributed by atoms with Crippen LogP contribution in [-0.2, 0) is 9.59 Å². The van der Waals surface area contributed by atoms with E-state index in [2.05, 4.69) is 0 Å². The van der Waals surface area contributed by atoms with Crippen LogP contribution in [0.2, 0.25) is 0 Å². The molecule has 0 fully saturated rings. The molecule has 0 saturated carbocycles. The Morgan fingerprint density at radius 2 is 1.89 bits per heavy atom. The average Bonchev–Trinajstić information content (AvgIpc) is 2.89. The van der Waals surface area contributed by atoms with E-state index in [-0.39, 0.29) is 11.4 Å². The molecular formula is C21H27NO5. The molecule has 1 atom stereocenters. The van der Waals surface area contributed by atoms with Crippen molar-refractivity contribution >= 4 is 11.7 Å². The maximum absolute atomic E-state index is 13.1. The molecule has 27 heavy (non-hydrogen) atoms. The predicted molar refractivity (Wildman–Crippen MR) is 101 cm³/mol. The van der Waals surface area contributed by atoms with Crippen LogP contribution in [0.3, 0.4) is 0 Å². The predicted octanol–water partition coefficient (Wildman–Crippen LogP) is 3.57. The Morgan fingerprint density at radius 3 is 2.52 bits per heavy atom. The minimum absolute atomic E-state index is 0.167. The highest BCUT2D eigenvalue weighted by atomic mass is 16.6. The molecule has 2 heterocycles. The molecule has 2 aliphatic rings. The fraction of sp³-hybridized carbons (Fsp3) is 0.524. The van der Waals surface area contributed by atoms with Crippen LogP contribution in [0.25, 0.3) is 0 Å². The molecule has 3 rings (SSSR count). The Balaban J connectivity index is 2.08. The molecule has 1 N–H and O–H groups in total. The highest BCUT2D eigenvalue weighted by Gasteiger charge is 2.45. The van der Waals surface area contributed by atoms with E-state index in [0.29, 0.717) is 31.3 Å². The molecule has 6 nitrogen and oxygen atoms in total. The van der Waals surface area contributed by atoms with Gasteiger partial charge in [-0.05, 0) is 24.1 Å². The first-order valence-electron chi connectivity index (χ1n) is 9.44. The number of hydrogen-bond donors (Lipinski definition) is 1. The molecule has 1 aromatic rings. The minimum Gasteiger partial charge on any atom is -0.503 e. The van der Waals surface area contributed by atoms with Crippen molar-refractivity contribution in [2.45, 2.75) is 46.6 Å². The Labute approximate surface area is 159 Å². The Hall–Kier alpha value is -2.50. The number of rotatable bonds is 5. The van der Waals surface area contributed by atoms with E-state index in [1.165, 1.54) is 0 Å². The summed E-state index contributed by atoms with van der Waals surface area (Å²) >= 11 is 0. The van der Waals surface area contributed by atoms with E-state index in [1.807, 2.05) is 13.0 Å². The van der Waals surface area contributed by atoms with E-state index in [1.54, 1.807) is 37.8 Å². The van der Waals surface area contributed by atoms with Gasteiger partial charge in [0.1, 0.15) is 13.2 Å². The first kappa shape index (κ1) is 19.3. The van der Waals surface area contributed by atoms with Gasteiger partial charge in [-0.2, -0.15) is 0 Å². The summed E-state index contributed by atoms with van der Waals surface area (Å²) in [5.74, 6) is 0.0796. The van der Waals surface area contributed by atoms with Crippen molar-refractivity contribution in [1.29, 1.82) is 0 Å². The fourth-order valence-electron chi connectivity index (χ4n) is 3.43. The Kier molecular flexibility index (Phi) is 5.18. The number of aliphatic hydroxyl groups excluding tert-OH is 1. The first-order chi connectivity index (χ1) is 12.8. The van der Waals surface area contributed by atoms with Crippen LogP contribution < -0.4 is 9.47 Å². The molecule has 0 radical (unpaired) electrons. The third-order valence-corrected chi connectivity index (χ3v) is 4.86. The monoisotopic (exact) mass is 373 g/mol. The standard InChI is InChI=1S/C21H27NO5/c1-5-6-9-22-17(13-7-8-14-15(12-13)27-11-10-26-14)16(18(23)20(22)25)19(24)21(2,3)4/h7-8,12,17,23H,5-6,9-11H2,1-4H3. The molecule has 0 aliphatic carbocycles. The molecule has 0 saturated heterocycles. The molecule has 1 amide bonds. The van der Waals surface area contributed by atoms with Crippen LogP contribution in [-0.4, -0.2) is 41.5 Å². The third kappa shape index (κ3) is 3.53. The maximum Gasteiger partial charge on any atom is 0.290 e. The van der Waals surface area contributed by atoms with E-state index in [4.69, 9.17) is 9.47 Å². The number of Topliss-reactive ketones (excluding diaryl/α,β-unsaturated/α-hetero) is 1. The van der Waals surface area contributed by atoms with Gasteiger partial charge in [-0.15, -0.1) is 0 Å². The highest BCUT2D eigenvalue weighted by molar-refractivity contribution is 6.10. The lowest BCUT2D eigenvalue weighted by molar-refractivity contribution is -0.129. The van der Waals surface area contributed by atoms with Crippen molar-refractivity contribution in [3.8, 4) is 11.5 Å². The number of carbonyl (C=O) groups excluding carboxylic acids is 2. The summed E-state index contributed by atoms with van der Waals surface area (Å²) in [4.78, 5) is 27.4. The summed E-state index contributed by atoms with van der Waals surface area (Å²) in [5.41, 5.74) is 0.191. The van der Waals surface area contributed by atoms with Crippen LogP contribution in [0.15, 0.2) is 29.5 Å². The number of amides is 1. The van der Waals surface area contributed by atoms with Gasteiger partial charge < -0.3 is 19.5 Å². The van der Waals surface area contributed by atoms with Gasteiger partial charge >= 0.3 is 0 Å². The van der Waals surface area contributed by atoms with Gasteiger partial charge in [0, 0.05) is 12.0 Å². The van der Waals surface area contributed by atoms with E-state index in [9.17, 15) is 14.7 Å². The van der Waals surface area contributed by atoms with Gasteiger partial charge in [-0.3, -0.25) is 9.59 Å². The smallest absolute Gasteiger partial charge is 0.290 e. The second kappa shape index (κ2) is 7.25. The van der Waals surface area contributed by atoms with Crippen molar-refractivity contribution in [2.75, 3.05) is 19.8 Å². The number of carbonyl (C=O) groups is 2. The summed E-state index contributed by atoms with van der Waals surface area (Å²) in [6, 6.07) is 4.81. The molecule has 1 unspecified atom stereocenters. The van der Waals surface area contributed by atoms with Crippen molar-refractivity contribution in [3.63, 3.8) is 0 Å². The van der Waals surface area contributed by atoms with Gasteiger partial charge in [0.15, 0.2) is 23.0 Å². The zero-order valence-electron chi connectivity index (χ0n) is 16.4. The fourth-order valence-corrected chi connectivity index (χ4v) is 3.43. The molecule has 0 aromatic heterocycles. The topological polar surface area (TPSA) is 76.1 Å². The molecule has 0 bridgehead atoms. The molecule has 6 heteroatoms. The van der Waals surface area contributed by atoms with Crippen molar-refractivity contribution in [3.05, 3.63) is 35.1 Å². The van der Waals surface area contributed by atoms with Crippen molar-refractivity contribution in [2.24, 2.45) is 5.41 Å². The summed E-state index contributed by atoms with van der Waals surface area (Å²) in [6.07, 6.45) is 1.69. The second-order valence-electron chi connectivity index (χ2n) is 8.00. The number of fused-ring (bicyclic) bond motifs is 1. The van der Waals surface area contributed by atoms with Crippen LogP contribution in [0.4, 0.5) is 0 Å².